The smallest absolute Gasteiger partial charge is 0.248 e. The van der Waals surface area contributed by atoms with Crippen LogP contribution in [0.1, 0.15) is 27.2 Å². The molecule has 2 amide bonds. The highest BCUT2D eigenvalue weighted by Crippen LogP contribution is 2.20. The molecule has 16 heavy (non-hydrogen) atoms. The minimum Gasteiger partial charge on any atom is -0.340 e. The number of nitrogens with one attached hydrogen (secondary N) is 1. The van der Waals surface area contributed by atoms with Gasteiger partial charge >= 0.3 is 0 Å². The fourth-order valence-corrected chi connectivity index (χ4v) is 2.32. The molecule has 1 aliphatic heterocycles. The van der Waals surface area contributed by atoms with Crippen LogP contribution in [-0.4, -0.2) is 46.8 Å². The first-order chi connectivity index (χ1) is 7.44. The van der Waals surface area contributed by atoms with Crippen LogP contribution in [0.4, 0.5) is 0 Å². The lowest BCUT2D eigenvalue weighted by Gasteiger charge is -2.42. The summed E-state index contributed by atoms with van der Waals surface area (Å²) >= 11 is 1.69. The Balaban J connectivity index is 2.87. The van der Waals surface area contributed by atoms with E-state index in [1.807, 2.05) is 13.2 Å². The molecule has 92 valence electrons. The molecule has 4 nitrogen and oxygen atoms in total. The van der Waals surface area contributed by atoms with Crippen LogP contribution < -0.4 is 5.32 Å². The molecule has 1 atom stereocenters. The predicted molar refractivity (Wildman–Crippen MR) is 66.4 cm³/mol. The van der Waals surface area contributed by atoms with Gasteiger partial charge in [0.05, 0.1) is 0 Å². The van der Waals surface area contributed by atoms with Crippen LogP contribution in [0.25, 0.3) is 0 Å². The van der Waals surface area contributed by atoms with E-state index in [2.05, 4.69) is 5.32 Å². The van der Waals surface area contributed by atoms with Crippen LogP contribution in [-0.2, 0) is 9.59 Å². The van der Waals surface area contributed by atoms with Gasteiger partial charge < -0.3 is 10.2 Å². The molecular weight excluding hydrogens is 224 g/mol. The highest BCUT2D eigenvalue weighted by atomic mass is 32.2. The molecular formula is C11H20N2O2S. The Morgan fingerprint density at radius 3 is 2.56 bits per heavy atom. The summed E-state index contributed by atoms with van der Waals surface area (Å²) in [4.78, 5) is 25.7. The average molecular weight is 244 g/mol. The topological polar surface area (TPSA) is 49.4 Å². The van der Waals surface area contributed by atoms with Crippen LogP contribution in [0.3, 0.4) is 0 Å². The van der Waals surface area contributed by atoms with Crippen molar-refractivity contribution in [2.45, 2.75) is 38.8 Å². The van der Waals surface area contributed by atoms with E-state index >= 15 is 0 Å². The lowest BCUT2D eigenvalue weighted by molar-refractivity contribution is -0.153. The third kappa shape index (κ3) is 2.51. The summed E-state index contributed by atoms with van der Waals surface area (Å²) in [5.74, 6) is 0.854. The van der Waals surface area contributed by atoms with Gasteiger partial charge in [0, 0.05) is 12.3 Å². The Hall–Kier alpha value is -0.710. The molecule has 1 saturated heterocycles. The summed E-state index contributed by atoms with van der Waals surface area (Å²) in [5, 5.41) is 2.78. The van der Waals surface area contributed by atoms with Gasteiger partial charge in [0.2, 0.25) is 11.8 Å². The van der Waals surface area contributed by atoms with Crippen LogP contribution in [0, 0.1) is 0 Å². The van der Waals surface area contributed by atoms with Gasteiger partial charge in [0.15, 0.2) is 0 Å². The fraction of sp³-hybridized carbons (Fsp3) is 0.818. The van der Waals surface area contributed by atoms with Gasteiger partial charge in [-0.1, -0.05) is 6.92 Å². The monoisotopic (exact) mass is 244 g/mol. The third-order valence-electron chi connectivity index (χ3n) is 2.83. The third-order valence-corrected chi connectivity index (χ3v) is 3.42. The van der Waals surface area contributed by atoms with Crippen molar-refractivity contribution in [2.75, 3.05) is 18.6 Å². The molecule has 0 bridgehead atoms. The van der Waals surface area contributed by atoms with Crippen LogP contribution in [0.2, 0.25) is 0 Å². The van der Waals surface area contributed by atoms with E-state index in [0.29, 0.717) is 13.0 Å². The van der Waals surface area contributed by atoms with Crippen LogP contribution in [0.15, 0.2) is 0 Å². The van der Waals surface area contributed by atoms with E-state index in [1.54, 1.807) is 30.5 Å². The fourth-order valence-electron chi connectivity index (χ4n) is 1.94. The molecule has 1 rings (SSSR count). The maximum absolute atomic E-state index is 12.2. The van der Waals surface area contributed by atoms with Crippen molar-refractivity contribution < 1.29 is 9.59 Å². The number of piperazine rings is 1. The molecule has 0 aromatic rings. The highest BCUT2D eigenvalue weighted by molar-refractivity contribution is 7.98. The first-order valence-corrected chi connectivity index (χ1v) is 6.95. The zero-order valence-corrected chi connectivity index (χ0v) is 11.2. The standard InChI is InChI=1S/C11H20N2O2S/c1-5-8-9(14)12-11(2,3)10(15)13(8)6-7-16-4/h8H,5-7H2,1-4H3,(H,12,14). The summed E-state index contributed by atoms with van der Waals surface area (Å²) < 4.78 is 0. The quantitative estimate of drug-likeness (QED) is 0.798. The molecule has 0 aromatic heterocycles. The van der Waals surface area contributed by atoms with Gasteiger partial charge in [-0.2, -0.15) is 11.8 Å². The van der Waals surface area contributed by atoms with Crippen LogP contribution >= 0.6 is 11.8 Å². The first-order valence-electron chi connectivity index (χ1n) is 5.56. The molecule has 5 heteroatoms. The van der Waals surface area contributed by atoms with Gasteiger partial charge in [0.1, 0.15) is 11.6 Å². The van der Waals surface area contributed by atoms with E-state index in [9.17, 15) is 9.59 Å². The molecule has 0 aliphatic carbocycles. The maximum Gasteiger partial charge on any atom is 0.248 e. The number of hydrogen-bond acceptors (Lipinski definition) is 3. The number of thioether (sulfide) groups is 1. The van der Waals surface area contributed by atoms with Crippen molar-refractivity contribution in [3.63, 3.8) is 0 Å². The molecule has 0 spiro atoms. The largest absolute Gasteiger partial charge is 0.340 e. The average Bonchev–Trinajstić information content (AvgIpc) is 2.20. The molecule has 0 radical (unpaired) electrons. The van der Waals surface area contributed by atoms with E-state index < -0.39 is 5.54 Å². The predicted octanol–water partition coefficient (Wildman–Crippen LogP) is 0.865. The highest BCUT2D eigenvalue weighted by Gasteiger charge is 2.43. The zero-order valence-electron chi connectivity index (χ0n) is 10.4. The Kier molecular flexibility index (Phi) is 4.24. The van der Waals surface area contributed by atoms with E-state index in [-0.39, 0.29) is 17.9 Å². The summed E-state index contributed by atoms with van der Waals surface area (Å²) in [5.41, 5.74) is -0.763. The van der Waals surface area contributed by atoms with Crippen molar-refractivity contribution >= 4 is 23.6 Å². The van der Waals surface area contributed by atoms with Gasteiger partial charge in [0.25, 0.3) is 0 Å². The van der Waals surface area contributed by atoms with Gasteiger partial charge in [-0.25, -0.2) is 0 Å². The van der Waals surface area contributed by atoms with E-state index in [1.165, 1.54) is 0 Å². The number of amides is 2. The number of nitrogens with zero attached hydrogens (tertiary/aromatic N) is 1. The minimum absolute atomic E-state index is 0.0213. The molecule has 0 aromatic carbocycles. The van der Waals surface area contributed by atoms with Crippen molar-refractivity contribution in [2.24, 2.45) is 0 Å². The minimum atomic E-state index is -0.763. The van der Waals surface area contributed by atoms with Crippen molar-refractivity contribution in [3.8, 4) is 0 Å². The van der Waals surface area contributed by atoms with E-state index in [4.69, 9.17) is 0 Å². The lowest BCUT2D eigenvalue weighted by atomic mass is 9.96. The summed E-state index contributed by atoms with van der Waals surface area (Å²) in [6.45, 7) is 6.09. The Morgan fingerprint density at radius 1 is 1.44 bits per heavy atom. The Bertz CT molecular complexity index is 292. The molecule has 1 aliphatic rings. The summed E-state index contributed by atoms with van der Waals surface area (Å²) in [6.07, 6.45) is 2.67. The first kappa shape index (κ1) is 13.4. The van der Waals surface area contributed by atoms with Gasteiger partial charge in [-0.15, -0.1) is 0 Å². The number of carbonyl (C=O) groups excluding carboxylic acids is 2. The number of carbonyl (C=O) groups is 2. The second-order valence-electron chi connectivity index (χ2n) is 4.53. The second kappa shape index (κ2) is 5.08. The molecule has 1 unspecified atom stereocenters. The number of hydrogen-bond donors (Lipinski definition) is 1. The molecule has 1 heterocycles. The lowest BCUT2D eigenvalue weighted by Crippen LogP contribution is -2.68. The zero-order chi connectivity index (χ0) is 12.3. The van der Waals surface area contributed by atoms with Crippen LogP contribution in [0.5, 0.6) is 0 Å². The number of rotatable bonds is 4. The second-order valence-corrected chi connectivity index (χ2v) is 5.52. The Labute approximate surface area is 101 Å². The molecule has 1 N–H and O–H groups in total. The SMILES string of the molecule is CCC1C(=O)NC(C)(C)C(=O)N1CCSC. The van der Waals surface area contributed by atoms with Crippen molar-refractivity contribution in [1.82, 2.24) is 10.2 Å². The van der Waals surface area contributed by atoms with Gasteiger partial charge in [-0.3, -0.25) is 9.59 Å². The molecule has 0 saturated carbocycles. The molecule has 1 fully saturated rings. The maximum atomic E-state index is 12.2. The van der Waals surface area contributed by atoms with Crippen molar-refractivity contribution in [3.05, 3.63) is 0 Å². The Morgan fingerprint density at radius 2 is 2.06 bits per heavy atom. The van der Waals surface area contributed by atoms with Gasteiger partial charge in [-0.05, 0) is 26.5 Å². The summed E-state index contributed by atoms with van der Waals surface area (Å²) in [7, 11) is 0. The van der Waals surface area contributed by atoms with Crippen molar-refractivity contribution in [1.29, 1.82) is 0 Å². The van der Waals surface area contributed by atoms with E-state index in [0.717, 1.165) is 5.75 Å². The normalized spacial score (nSPS) is 24.5. The summed E-state index contributed by atoms with van der Waals surface area (Å²) in [6, 6.07) is -0.298.